The highest BCUT2D eigenvalue weighted by Crippen LogP contribution is 2.35. The Morgan fingerprint density at radius 3 is 1.30 bits per heavy atom. The quantitative estimate of drug-likeness (QED) is 0.143. The number of phenols is 2. The molecule has 44 heavy (non-hydrogen) atoms. The Balaban J connectivity index is -0.000000662. The fourth-order valence-electron chi connectivity index (χ4n) is 3.85. The molecule has 0 amide bonds. The SMILES string of the molecule is C=C.C=C.C=C.Cc1cc(CCC(=O)O)cc(C(C)(C)C)c1O.Cc1cc(CCC(=O)OC(=O)CO)cc(C(C)(C)C)c1O. The molecule has 0 atom stereocenters. The number of phenolic OH excluding ortho intramolecular Hbond substituents is 2. The van der Waals surface area contributed by atoms with Gasteiger partial charge in [0.15, 0.2) is 0 Å². The predicted molar refractivity (Wildman–Crippen MR) is 179 cm³/mol. The maximum Gasteiger partial charge on any atom is 0.339 e. The number of carboxylic acids is 1. The number of rotatable bonds is 7. The van der Waals surface area contributed by atoms with E-state index >= 15 is 0 Å². The van der Waals surface area contributed by atoms with E-state index in [9.17, 15) is 24.6 Å². The number of aromatic hydroxyl groups is 2. The van der Waals surface area contributed by atoms with Crippen LogP contribution >= 0.6 is 0 Å². The smallest absolute Gasteiger partial charge is 0.339 e. The Hall–Kier alpha value is -4.17. The number of ether oxygens (including phenoxy) is 1. The second kappa shape index (κ2) is 21.5. The molecule has 0 heterocycles. The molecule has 0 spiro atoms. The minimum Gasteiger partial charge on any atom is -0.507 e. The second-order valence-corrected chi connectivity index (χ2v) is 11.5. The Kier molecular flexibility index (Phi) is 21.6. The van der Waals surface area contributed by atoms with Crippen molar-refractivity contribution in [2.75, 3.05) is 6.61 Å². The maximum atomic E-state index is 11.4. The van der Waals surface area contributed by atoms with Crippen LogP contribution in [0.3, 0.4) is 0 Å². The number of carbonyl (C=O) groups excluding carboxylic acids is 2. The van der Waals surface area contributed by atoms with E-state index in [1.165, 1.54) is 0 Å². The predicted octanol–water partition coefficient (Wildman–Crippen LogP) is 7.41. The van der Waals surface area contributed by atoms with Gasteiger partial charge < -0.3 is 25.2 Å². The van der Waals surface area contributed by atoms with Gasteiger partial charge in [-0.15, -0.1) is 39.5 Å². The molecule has 0 radical (unpaired) electrons. The average Bonchev–Trinajstić information content (AvgIpc) is 2.96. The van der Waals surface area contributed by atoms with Crippen LogP contribution in [-0.4, -0.2) is 44.9 Å². The number of carbonyl (C=O) groups is 3. The molecular formula is C36H54O8. The highest BCUT2D eigenvalue weighted by atomic mass is 16.6. The number of hydrogen-bond donors (Lipinski definition) is 4. The van der Waals surface area contributed by atoms with Gasteiger partial charge in [0.25, 0.3) is 0 Å². The molecule has 246 valence electrons. The number of aliphatic carboxylic acids is 1. The van der Waals surface area contributed by atoms with Gasteiger partial charge in [-0.3, -0.25) is 9.59 Å². The molecule has 0 saturated heterocycles. The number of hydrogen-bond acceptors (Lipinski definition) is 7. The zero-order valence-corrected chi connectivity index (χ0v) is 28.0. The van der Waals surface area contributed by atoms with E-state index in [1.807, 2.05) is 79.7 Å². The zero-order valence-electron chi connectivity index (χ0n) is 28.0. The van der Waals surface area contributed by atoms with Gasteiger partial charge in [0.1, 0.15) is 18.1 Å². The van der Waals surface area contributed by atoms with E-state index in [2.05, 4.69) is 44.2 Å². The van der Waals surface area contributed by atoms with E-state index < -0.39 is 24.5 Å². The van der Waals surface area contributed by atoms with E-state index in [0.29, 0.717) is 18.6 Å². The molecule has 0 aliphatic carbocycles. The minimum absolute atomic E-state index is 0.0412. The molecular weight excluding hydrogens is 560 g/mol. The van der Waals surface area contributed by atoms with Crippen LogP contribution in [0, 0.1) is 13.8 Å². The lowest BCUT2D eigenvalue weighted by molar-refractivity contribution is -0.161. The molecule has 8 nitrogen and oxygen atoms in total. The first-order valence-electron chi connectivity index (χ1n) is 14.1. The topological polar surface area (TPSA) is 141 Å². The van der Waals surface area contributed by atoms with Crippen LogP contribution in [0.5, 0.6) is 11.5 Å². The van der Waals surface area contributed by atoms with Gasteiger partial charge in [-0.05, 0) is 70.9 Å². The molecule has 0 unspecified atom stereocenters. The van der Waals surface area contributed by atoms with Crippen LogP contribution in [0.1, 0.15) is 87.8 Å². The van der Waals surface area contributed by atoms with Crippen LogP contribution in [0.4, 0.5) is 0 Å². The lowest BCUT2D eigenvalue weighted by atomic mass is 9.83. The number of carboxylic acid groups (broad SMARTS) is 1. The average molecular weight is 615 g/mol. The normalized spacial score (nSPS) is 10.1. The standard InChI is InChI=1S/C16H22O5.C14H20O3.3C2H4/c1-10-7-11(5-6-13(18)21-14(19)9-17)8-12(15(10)20)16(2,3)4;1-9-7-10(5-6-12(15)16)8-11(13(9)17)14(2,3)4;3*1-2/h7-8,17,20H,5-6,9H2,1-4H3;7-8,17H,5-6H2,1-4H3,(H,15,16);3*1-2H2. The summed E-state index contributed by atoms with van der Waals surface area (Å²) in [4.78, 5) is 32.8. The Morgan fingerprint density at radius 1 is 0.659 bits per heavy atom. The summed E-state index contributed by atoms with van der Waals surface area (Å²) in [5.41, 5.74) is 4.74. The third kappa shape index (κ3) is 16.5. The van der Waals surface area contributed by atoms with Gasteiger partial charge in [0.2, 0.25) is 0 Å². The number of aliphatic hydroxyl groups is 1. The highest BCUT2D eigenvalue weighted by Gasteiger charge is 2.21. The van der Waals surface area contributed by atoms with Gasteiger partial charge >= 0.3 is 17.9 Å². The Labute approximate surface area is 264 Å². The van der Waals surface area contributed by atoms with Crippen molar-refractivity contribution in [2.24, 2.45) is 0 Å². The molecule has 2 aromatic rings. The van der Waals surface area contributed by atoms with Crippen LogP contribution < -0.4 is 0 Å². The molecule has 8 heteroatoms. The van der Waals surface area contributed by atoms with Crippen molar-refractivity contribution < 1.29 is 39.5 Å². The molecule has 4 N–H and O–H groups in total. The summed E-state index contributed by atoms with van der Waals surface area (Å²) < 4.78 is 4.40. The van der Waals surface area contributed by atoms with Crippen LogP contribution in [0.25, 0.3) is 0 Å². The third-order valence-electron chi connectivity index (χ3n) is 5.94. The summed E-state index contributed by atoms with van der Waals surface area (Å²) in [6.45, 7) is 32.9. The number of esters is 2. The largest absolute Gasteiger partial charge is 0.507 e. The molecule has 0 saturated carbocycles. The molecule has 2 rings (SSSR count). The second-order valence-electron chi connectivity index (χ2n) is 11.5. The van der Waals surface area contributed by atoms with Crippen LogP contribution in [-0.2, 0) is 42.8 Å². The summed E-state index contributed by atoms with van der Waals surface area (Å²) in [5.74, 6) is -1.83. The molecule has 0 aromatic heterocycles. The van der Waals surface area contributed by atoms with Gasteiger partial charge in [0.05, 0.1) is 6.42 Å². The summed E-state index contributed by atoms with van der Waals surface area (Å²) in [6, 6.07) is 7.44. The Morgan fingerprint density at radius 2 is 1.00 bits per heavy atom. The van der Waals surface area contributed by atoms with Gasteiger partial charge in [-0.1, -0.05) is 65.8 Å². The van der Waals surface area contributed by atoms with Crippen molar-refractivity contribution in [3.63, 3.8) is 0 Å². The van der Waals surface area contributed by atoms with Crippen molar-refractivity contribution in [1.82, 2.24) is 0 Å². The van der Waals surface area contributed by atoms with E-state index in [-0.39, 0.29) is 29.4 Å². The summed E-state index contributed by atoms with van der Waals surface area (Å²) in [7, 11) is 0. The van der Waals surface area contributed by atoms with Gasteiger partial charge in [-0.25, -0.2) is 4.79 Å². The van der Waals surface area contributed by atoms with Crippen molar-refractivity contribution in [3.8, 4) is 11.5 Å². The molecule has 0 bridgehead atoms. The molecule has 2 aromatic carbocycles. The number of aryl methyl sites for hydroxylation is 4. The summed E-state index contributed by atoms with van der Waals surface area (Å²) >= 11 is 0. The first-order valence-corrected chi connectivity index (χ1v) is 14.1. The van der Waals surface area contributed by atoms with Crippen LogP contribution in [0.2, 0.25) is 0 Å². The zero-order chi connectivity index (χ0) is 35.4. The van der Waals surface area contributed by atoms with Crippen LogP contribution in [0.15, 0.2) is 63.7 Å². The fourth-order valence-corrected chi connectivity index (χ4v) is 3.85. The minimum atomic E-state index is -0.947. The van der Waals surface area contributed by atoms with E-state index in [1.54, 1.807) is 0 Å². The summed E-state index contributed by atoms with van der Waals surface area (Å²) in [5, 5.41) is 37.3. The monoisotopic (exact) mass is 614 g/mol. The van der Waals surface area contributed by atoms with Crippen molar-refractivity contribution in [1.29, 1.82) is 0 Å². The van der Waals surface area contributed by atoms with Gasteiger partial charge in [-0.2, -0.15) is 0 Å². The van der Waals surface area contributed by atoms with Crippen molar-refractivity contribution >= 4 is 17.9 Å². The highest BCUT2D eigenvalue weighted by molar-refractivity contribution is 5.86. The summed E-state index contributed by atoms with van der Waals surface area (Å²) in [6.07, 6.45) is 1.06. The third-order valence-corrected chi connectivity index (χ3v) is 5.94. The van der Waals surface area contributed by atoms with Gasteiger partial charge in [0, 0.05) is 6.42 Å². The first kappa shape index (κ1) is 44.3. The number of aliphatic hydroxyl groups excluding tert-OH is 1. The van der Waals surface area contributed by atoms with Crippen molar-refractivity contribution in [2.45, 2.75) is 91.9 Å². The fraction of sp³-hybridized carbons (Fsp3) is 0.417. The lowest BCUT2D eigenvalue weighted by Crippen LogP contribution is -2.16. The first-order chi connectivity index (χ1) is 20.4. The maximum absolute atomic E-state index is 11.4. The van der Waals surface area contributed by atoms with E-state index in [0.717, 1.165) is 33.4 Å². The Bertz CT molecular complexity index is 1200. The lowest BCUT2D eigenvalue weighted by Gasteiger charge is -2.22. The molecule has 0 fully saturated rings. The van der Waals surface area contributed by atoms with E-state index in [4.69, 9.17) is 10.2 Å². The molecule has 0 aliphatic rings. The number of benzene rings is 2. The molecule has 0 aliphatic heterocycles. The van der Waals surface area contributed by atoms with Crippen molar-refractivity contribution in [3.05, 3.63) is 97.1 Å².